The largest absolute Gasteiger partial charge is 0.446 e. The van der Waals surface area contributed by atoms with E-state index in [-0.39, 0.29) is 22.9 Å². The minimum atomic E-state index is -4.68. The van der Waals surface area contributed by atoms with Crippen molar-refractivity contribution in [2.24, 2.45) is 0 Å². The Morgan fingerprint density at radius 3 is 1.29 bits per heavy atom. The summed E-state index contributed by atoms with van der Waals surface area (Å²) < 4.78 is 68.4. The van der Waals surface area contributed by atoms with Gasteiger partial charge in [-0.1, -0.05) is 0 Å². The molecular weight excluding hydrogens is 364 g/mol. The van der Waals surface area contributed by atoms with Crippen LogP contribution in [0.2, 0.25) is 0 Å². The topological polar surface area (TPSA) is 179 Å². The molecular formula is C12H12N2O8S2. The van der Waals surface area contributed by atoms with Crippen molar-refractivity contribution in [1.82, 2.24) is 0 Å². The molecule has 0 bridgehead atoms. The van der Waals surface area contributed by atoms with E-state index in [1.807, 2.05) is 0 Å². The maximum absolute atomic E-state index is 10.7. The molecule has 6 N–H and O–H groups in total. The molecule has 24 heavy (non-hydrogen) atoms. The average molecular weight is 376 g/mol. The molecule has 0 heterocycles. The lowest BCUT2D eigenvalue weighted by Crippen LogP contribution is -2.07. The van der Waals surface area contributed by atoms with Crippen molar-refractivity contribution in [1.29, 1.82) is 0 Å². The highest BCUT2D eigenvalue weighted by Crippen LogP contribution is 2.35. The lowest BCUT2D eigenvalue weighted by atomic mass is 10.0. The Hall–Kier alpha value is -2.54. The van der Waals surface area contributed by atoms with Crippen molar-refractivity contribution in [3.8, 4) is 22.6 Å². The number of nitrogens with two attached hydrogens (primary N) is 2. The van der Waals surface area contributed by atoms with Crippen molar-refractivity contribution >= 4 is 32.2 Å². The van der Waals surface area contributed by atoms with E-state index in [0.29, 0.717) is 11.1 Å². The molecule has 130 valence electrons. The van der Waals surface area contributed by atoms with Crippen molar-refractivity contribution in [2.45, 2.75) is 0 Å². The van der Waals surface area contributed by atoms with Crippen LogP contribution in [0.1, 0.15) is 0 Å². The Morgan fingerprint density at radius 2 is 1.04 bits per heavy atom. The molecule has 0 spiro atoms. The van der Waals surface area contributed by atoms with E-state index in [0.717, 1.165) is 12.1 Å². The van der Waals surface area contributed by atoms with Crippen molar-refractivity contribution in [3.05, 3.63) is 36.4 Å². The lowest BCUT2D eigenvalue weighted by Gasteiger charge is -2.11. The quantitative estimate of drug-likeness (QED) is 0.432. The summed E-state index contributed by atoms with van der Waals surface area (Å²) in [5, 5.41) is 0. The Balaban J connectivity index is 2.38. The molecule has 0 radical (unpaired) electrons. The molecule has 2 rings (SSSR count). The molecule has 2 aromatic rings. The van der Waals surface area contributed by atoms with Crippen molar-refractivity contribution in [3.63, 3.8) is 0 Å². The van der Waals surface area contributed by atoms with Gasteiger partial charge in [0.15, 0.2) is 0 Å². The molecule has 10 nitrogen and oxygen atoms in total. The van der Waals surface area contributed by atoms with E-state index in [1.165, 1.54) is 24.3 Å². The molecule has 0 saturated carbocycles. The lowest BCUT2D eigenvalue weighted by molar-refractivity contribution is 0.384. The van der Waals surface area contributed by atoms with E-state index < -0.39 is 20.8 Å². The molecule has 0 aliphatic heterocycles. The van der Waals surface area contributed by atoms with Gasteiger partial charge >= 0.3 is 20.8 Å². The second-order valence-electron chi connectivity index (χ2n) is 4.52. The highest BCUT2D eigenvalue weighted by atomic mass is 32.3. The molecule has 0 aliphatic carbocycles. The molecule has 2 aromatic carbocycles. The summed E-state index contributed by atoms with van der Waals surface area (Å²) in [5.74, 6) is -0.410. The van der Waals surface area contributed by atoms with Crippen molar-refractivity contribution < 1.29 is 34.3 Å². The van der Waals surface area contributed by atoms with Crippen LogP contribution in [-0.2, 0) is 20.8 Å². The fourth-order valence-electron chi connectivity index (χ4n) is 1.92. The van der Waals surface area contributed by atoms with E-state index in [1.54, 1.807) is 0 Å². The van der Waals surface area contributed by atoms with Crippen LogP contribution in [0.3, 0.4) is 0 Å². The fourth-order valence-corrected chi connectivity index (χ4v) is 2.61. The zero-order chi connectivity index (χ0) is 18.1. The zero-order valence-corrected chi connectivity index (χ0v) is 13.4. The predicted octanol–water partition coefficient (Wildman–Crippen LogP) is 0.881. The van der Waals surface area contributed by atoms with Crippen LogP contribution in [0.5, 0.6) is 11.5 Å². The van der Waals surface area contributed by atoms with Gasteiger partial charge in [-0.3, -0.25) is 9.11 Å². The first-order valence-corrected chi connectivity index (χ1v) is 8.81. The molecule has 0 aliphatic rings. The highest BCUT2D eigenvalue weighted by molar-refractivity contribution is 7.81. The number of rotatable bonds is 5. The van der Waals surface area contributed by atoms with Gasteiger partial charge in [0.2, 0.25) is 0 Å². The van der Waals surface area contributed by atoms with E-state index >= 15 is 0 Å². The van der Waals surface area contributed by atoms with Gasteiger partial charge in [0, 0.05) is 34.6 Å². The fraction of sp³-hybridized carbons (Fsp3) is 0. The van der Waals surface area contributed by atoms with Crippen molar-refractivity contribution in [2.75, 3.05) is 11.5 Å². The zero-order valence-electron chi connectivity index (χ0n) is 11.8. The monoisotopic (exact) mass is 376 g/mol. The van der Waals surface area contributed by atoms with Gasteiger partial charge in [0.05, 0.1) is 0 Å². The first kappa shape index (κ1) is 17.8. The number of benzene rings is 2. The summed E-state index contributed by atoms with van der Waals surface area (Å²) >= 11 is 0. The first-order chi connectivity index (χ1) is 10.9. The van der Waals surface area contributed by atoms with Crippen LogP contribution in [0, 0.1) is 0 Å². The second kappa shape index (κ2) is 6.16. The van der Waals surface area contributed by atoms with Crippen LogP contribution >= 0.6 is 0 Å². The Labute approximate surface area is 137 Å². The SMILES string of the molecule is Nc1cc(OS(=O)(=O)O)ccc1-c1ccc(OS(=O)(=O)O)cc1N. The number of hydrogen-bond donors (Lipinski definition) is 4. The van der Waals surface area contributed by atoms with Crippen LogP contribution in [0.25, 0.3) is 11.1 Å². The first-order valence-electron chi connectivity index (χ1n) is 6.08. The maximum Gasteiger partial charge on any atom is 0.446 e. The molecule has 0 unspecified atom stereocenters. The summed E-state index contributed by atoms with van der Waals surface area (Å²) in [6.45, 7) is 0. The van der Waals surface area contributed by atoms with Gasteiger partial charge in [-0.25, -0.2) is 0 Å². The number of nitrogen functional groups attached to an aromatic ring is 2. The highest BCUT2D eigenvalue weighted by Gasteiger charge is 2.13. The standard InChI is InChI=1S/C12H12N2O8S2/c13-11-5-7(21-23(15,16)17)1-3-9(11)10-4-2-8(6-12(10)14)22-24(18,19)20/h1-6H,13-14H2,(H,15,16,17)(H,18,19,20). The molecule has 0 amide bonds. The summed E-state index contributed by atoms with van der Waals surface area (Å²) in [4.78, 5) is 0. The van der Waals surface area contributed by atoms with Crippen LogP contribution in [-0.4, -0.2) is 25.9 Å². The van der Waals surface area contributed by atoms with E-state index in [2.05, 4.69) is 8.37 Å². The summed E-state index contributed by atoms with van der Waals surface area (Å²) in [5.41, 5.74) is 12.6. The van der Waals surface area contributed by atoms with Crippen LogP contribution in [0.15, 0.2) is 36.4 Å². The van der Waals surface area contributed by atoms with Gasteiger partial charge in [-0.15, -0.1) is 0 Å². The third-order valence-electron chi connectivity index (χ3n) is 2.74. The van der Waals surface area contributed by atoms with E-state index in [4.69, 9.17) is 20.6 Å². The molecule has 0 fully saturated rings. The number of hydrogen-bond acceptors (Lipinski definition) is 8. The minimum absolute atomic E-state index is 0.0892. The Morgan fingerprint density at radius 1 is 0.708 bits per heavy atom. The van der Waals surface area contributed by atoms with E-state index in [9.17, 15) is 16.8 Å². The molecule has 0 aromatic heterocycles. The van der Waals surface area contributed by atoms with Gasteiger partial charge in [0.1, 0.15) is 11.5 Å². The predicted molar refractivity (Wildman–Crippen MR) is 85.1 cm³/mol. The maximum atomic E-state index is 10.7. The van der Waals surface area contributed by atoms with Gasteiger partial charge < -0.3 is 19.8 Å². The molecule has 0 saturated heterocycles. The third-order valence-corrected chi connectivity index (χ3v) is 3.55. The van der Waals surface area contributed by atoms with Gasteiger partial charge in [-0.2, -0.15) is 16.8 Å². The minimum Gasteiger partial charge on any atom is -0.398 e. The summed E-state index contributed by atoms with van der Waals surface area (Å²) in [6, 6.07) is 7.58. The van der Waals surface area contributed by atoms with Crippen LogP contribution < -0.4 is 19.8 Å². The average Bonchev–Trinajstić information content (AvgIpc) is 2.36. The Kier molecular flexibility index (Phi) is 4.57. The molecule has 12 heteroatoms. The normalized spacial score (nSPS) is 11.9. The summed E-state index contributed by atoms with van der Waals surface area (Å²) in [6.07, 6.45) is 0. The van der Waals surface area contributed by atoms with Gasteiger partial charge in [0.25, 0.3) is 0 Å². The Bertz CT molecular complexity index is 905. The molecule has 0 atom stereocenters. The second-order valence-corrected chi connectivity index (χ2v) is 6.56. The van der Waals surface area contributed by atoms with Crippen LogP contribution in [0.4, 0.5) is 11.4 Å². The number of anilines is 2. The third kappa shape index (κ3) is 4.73. The smallest absolute Gasteiger partial charge is 0.398 e. The summed E-state index contributed by atoms with van der Waals surface area (Å²) in [7, 11) is -9.36. The van der Waals surface area contributed by atoms with Gasteiger partial charge in [-0.05, 0) is 24.3 Å².